The highest BCUT2D eigenvalue weighted by atomic mass is 16.4. The molecule has 2 amide bonds. The van der Waals surface area contributed by atoms with Crippen molar-refractivity contribution in [3.8, 4) is 0 Å². The van der Waals surface area contributed by atoms with Crippen molar-refractivity contribution in [3.05, 3.63) is 0 Å². The van der Waals surface area contributed by atoms with Crippen LogP contribution in [0.5, 0.6) is 0 Å². The van der Waals surface area contributed by atoms with Gasteiger partial charge in [0.05, 0.1) is 0 Å². The van der Waals surface area contributed by atoms with Gasteiger partial charge in [-0.2, -0.15) is 0 Å². The van der Waals surface area contributed by atoms with Gasteiger partial charge in [-0.3, -0.25) is 0 Å². The normalized spacial score (nSPS) is 17.5. The number of hydrogen-bond acceptors (Lipinski definition) is 4. The van der Waals surface area contributed by atoms with Crippen LogP contribution in [0.1, 0.15) is 19.8 Å². The molecule has 116 valence electrons. The average molecular weight is 286 g/mol. The molecule has 1 heterocycles. The van der Waals surface area contributed by atoms with Crippen LogP contribution in [0.4, 0.5) is 4.79 Å². The molecule has 1 atom stereocenters. The molecule has 0 aromatic rings. The smallest absolute Gasteiger partial charge is 0.326 e. The number of urea groups is 1. The van der Waals surface area contributed by atoms with Crippen molar-refractivity contribution in [3.63, 3.8) is 0 Å². The van der Waals surface area contributed by atoms with Gasteiger partial charge in [0.25, 0.3) is 0 Å². The lowest BCUT2D eigenvalue weighted by atomic mass is 10.2. The van der Waals surface area contributed by atoms with Gasteiger partial charge in [0.2, 0.25) is 0 Å². The molecule has 0 radical (unpaired) electrons. The van der Waals surface area contributed by atoms with E-state index in [4.69, 9.17) is 5.11 Å². The predicted octanol–water partition coefficient (Wildman–Crippen LogP) is -0.214. The van der Waals surface area contributed by atoms with Crippen LogP contribution >= 0.6 is 0 Å². The summed E-state index contributed by atoms with van der Waals surface area (Å²) in [4.78, 5) is 26.4. The fourth-order valence-corrected chi connectivity index (χ4v) is 2.31. The first-order valence-corrected chi connectivity index (χ1v) is 7.22. The van der Waals surface area contributed by atoms with Crippen molar-refractivity contribution >= 4 is 12.0 Å². The van der Waals surface area contributed by atoms with E-state index in [1.165, 1.54) is 11.9 Å². The summed E-state index contributed by atoms with van der Waals surface area (Å²) in [6.45, 7) is 7.42. The summed E-state index contributed by atoms with van der Waals surface area (Å²) in [6, 6.07) is -1.08. The van der Waals surface area contributed by atoms with Gasteiger partial charge in [0.15, 0.2) is 0 Å². The molecule has 7 nitrogen and oxygen atoms in total. The Morgan fingerprint density at radius 1 is 1.40 bits per heavy atom. The van der Waals surface area contributed by atoms with Crippen molar-refractivity contribution in [1.82, 2.24) is 20.4 Å². The number of carbonyl (C=O) groups excluding carboxylic acids is 1. The number of carboxylic acid groups (broad SMARTS) is 1. The predicted molar refractivity (Wildman–Crippen MR) is 76.8 cm³/mol. The Balaban J connectivity index is 2.19. The highest BCUT2D eigenvalue weighted by Gasteiger charge is 2.24. The molecule has 1 fully saturated rings. The summed E-state index contributed by atoms with van der Waals surface area (Å²) >= 11 is 0. The molecule has 20 heavy (non-hydrogen) atoms. The molecule has 0 saturated carbocycles. The van der Waals surface area contributed by atoms with Crippen LogP contribution in [-0.4, -0.2) is 79.3 Å². The monoisotopic (exact) mass is 286 g/mol. The Bertz CT molecular complexity index is 319. The second-order valence-corrected chi connectivity index (χ2v) is 5.05. The minimum atomic E-state index is -0.967. The van der Waals surface area contributed by atoms with Crippen molar-refractivity contribution < 1.29 is 14.7 Å². The van der Waals surface area contributed by atoms with Gasteiger partial charge in [-0.05, 0) is 19.4 Å². The molecule has 0 bridgehead atoms. The van der Waals surface area contributed by atoms with Gasteiger partial charge in [-0.15, -0.1) is 0 Å². The topological polar surface area (TPSA) is 84.9 Å². The fourth-order valence-electron chi connectivity index (χ4n) is 2.31. The number of carboxylic acids is 1. The van der Waals surface area contributed by atoms with E-state index in [0.29, 0.717) is 13.0 Å². The largest absolute Gasteiger partial charge is 0.480 e. The second-order valence-electron chi connectivity index (χ2n) is 5.05. The lowest BCUT2D eigenvalue weighted by Crippen LogP contribution is -2.48. The van der Waals surface area contributed by atoms with Gasteiger partial charge in [0.1, 0.15) is 6.04 Å². The summed E-state index contributed by atoms with van der Waals surface area (Å²) in [7, 11) is 1.52. The van der Waals surface area contributed by atoms with E-state index in [0.717, 1.165) is 39.1 Å². The molecular formula is C13H26N4O3. The summed E-state index contributed by atoms with van der Waals surface area (Å²) in [6.07, 6.45) is 1.28. The first-order chi connectivity index (χ1) is 9.56. The maximum absolute atomic E-state index is 11.8. The molecule has 7 heteroatoms. The highest BCUT2D eigenvalue weighted by Crippen LogP contribution is 2.02. The lowest BCUT2D eigenvalue weighted by Gasteiger charge is -2.27. The Kier molecular flexibility index (Phi) is 7.32. The Labute approximate surface area is 120 Å². The molecule has 1 saturated heterocycles. The van der Waals surface area contributed by atoms with Crippen LogP contribution in [0.3, 0.4) is 0 Å². The third-order valence-electron chi connectivity index (χ3n) is 3.60. The number of hydrogen-bond donors (Lipinski definition) is 3. The Hall–Kier alpha value is -1.34. The van der Waals surface area contributed by atoms with Crippen LogP contribution in [0.2, 0.25) is 0 Å². The number of piperazine rings is 1. The minimum Gasteiger partial charge on any atom is -0.480 e. The summed E-state index contributed by atoms with van der Waals surface area (Å²) in [5.41, 5.74) is 0. The lowest BCUT2D eigenvalue weighted by molar-refractivity contribution is -0.141. The molecule has 1 rings (SSSR count). The molecule has 1 unspecified atom stereocenters. The van der Waals surface area contributed by atoms with Gasteiger partial charge in [0, 0.05) is 39.8 Å². The second kappa shape index (κ2) is 8.76. The maximum atomic E-state index is 11.8. The molecular weight excluding hydrogens is 260 g/mol. The first-order valence-electron chi connectivity index (χ1n) is 7.22. The van der Waals surface area contributed by atoms with Crippen LogP contribution in [0, 0.1) is 0 Å². The number of nitrogens with zero attached hydrogens (tertiary/aromatic N) is 2. The fraction of sp³-hybridized carbons (Fsp3) is 0.846. The third kappa shape index (κ3) is 5.34. The molecule has 0 aromatic heterocycles. The third-order valence-corrected chi connectivity index (χ3v) is 3.60. The van der Waals surface area contributed by atoms with Gasteiger partial charge >= 0.3 is 12.0 Å². The standard InChI is InChI=1S/C13H26N4O3/c1-3-11(12(18)19)16(2)13(20)15-5-4-8-17-9-6-14-7-10-17/h11,14H,3-10H2,1-2H3,(H,15,20)(H,18,19). The molecule has 0 spiro atoms. The van der Waals surface area contributed by atoms with Crippen molar-refractivity contribution in [1.29, 1.82) is 0 Å². The number of amides is 2. The van der Waals surface area contributed by atoms with E-state index in [1.54, 1.807) is 6.92 Å². The van der Waals surface area contributed by atoms with Crippen LogP contribution in [0.25, 0.3) is 0 Å². The minimum absolute atomic E-state index is 0.320. The molecule has 0 aromatic carbocycles. The van der Waals surface area contributed by atoms with Crippen molar-refractivity contribution in [2.45, 2.75) is 25.8 Å². The van der Waals surface area contributed by atoms with E-state index in [-0.39, 0.29) is 6.03 Å². The summed E-state index contributed by atoms with van der Waals surface area (Å²) in [5, 5.41) is 15.1. The zero-order chi connectivity index (χ0) is 15.0. The van der Waals surface area contributed by atoms with E-state index < -0.39 is 12.0 Å². The van der Waals surface area contributed by atoms with E-state index >= 15 is 0 Å². The highest BCUT2D eigenvalue weighted by molar-refractivity contribution is 5.82. The van der Waals surface area contributed by atoms with E-state index in [1.807, 2.05) is 0 Å². The van der Waals surface area contributed by atoms with Crippen LogP contribution in [0.15, 0.2) is 0 Å². The Morgan fingerprint density at radius 2 is 2.05 bits per heavy atom. The molecule has 1 aliphatic rings. The van der Waals surface area contributed by atoms with Crippen molar-refractivity contribution in [2.24, 2.45) is 0 Å². The summed E-state index contributed by atoms with van der Waals surface area (Å²) < 4.78 is 0. The van der Waals surface area contributed by atoms with Gasteiger partial charge < -0.3 is 25.5 Å². The Morgan fingerprint density at radius 3 is 2.60 bits per heavy atom. The zero-order valence-electron chi connectivity index (χ0n) is 12.4. The first kappa shape index (κ1) is 16.7. The van der Waals surface area contributed by atoms with Crippen molar-refractivity contribution in [2.75, 3.05) is 46.3 Å². The zero-order valence-corrected chi connectivity index (χ0v) is 12.4. The number of likely N-dealkylation sites (N-methyl/N-ethyl adjacent to an activating group) is 1. The maximum Gasteiger partial charge on any atom is 0.326 e. The van der Waals surface area contributed by atoms with E-state index in [2.05, 4.69) is 15.5 Å². The van der Waals surface area contributed by atoms with E-state index in [9.17, 15) is 9.59 Å². The average Bonchev–Trinajstić information content (AvgIpc) is 2.44. The van der Waals surface area contributed by atoms with Crippen LogP contribution < -0.4 is 10.6 Å². The number of carbonyl (C=O) groups is 2. The quantitative estimate of drug-likeness (QED) is 0.564. The number of aliphatic carboxylic acids is 1. The van der Waals surface area contributed by atoms with Gasteiger partial charge in [-0.25, -0.2) is 9.59 Å². The molecule has 0 aliphatic carbocycles. The summed E-state index contributed by atoms with van der Waals surface area (Å²) in [5.74, 6) is -0.967. The number of rotatable bonds is 7. The SMILES string of the molecule is CCC(C(=O)O)N(C)C(=O)NCCCN1CCNCC1. The van der Waals surface area contributed by atoms with Gasteiger partial charge in [-0.1, -0.05) is 6.92 Å². The molecule has 3 N–H and O–H groups in total. The van der Waals surface area contributed by atoms with Crippen LogP contribution in [-0.2, 0) is 4.79 Å². The molecule has 1 aliphatic heterocycles. The number of nitrogens with one attached hydrogen (secondary N) is 2.